The molecule has 1 aromatic carbocycles. The van der Waals surface area contributed by atoms with E-state index in [1.807, 2.05) is 36.2 Å². The van der Waals surface area contributed by atoms with E-state index in [4.69, 9.17) is 5.11 Å². The molecule has 1 N–H and O–H groups in total. The van der Waals surface area contributed by atoms with Gasteiger partial charge in [0.1, 0.15) is 10.5 Å². The van der Waals surface area contributed by atoms with Crippen molar-refractivity contribution in [3.63, 3.8) is 0 Å². The first-order valence-corrected chi connectivity index (χ1v) is 6.76. The predicted octanol–water partition coefficient (Wildman–Crippen LogP) is 2.36. The molecule has 0 aliphatic heterocycles. The monoisotopic (exact) mass is 277 g/mol. The van der Waals surface area contributed by atoms with Crippen molar-refractivity contribution in [3.05, 3.63) is 29.8 Å². The number of anilines is 1. The summed E-state index contributed by atoms with van der Waals surface area (Å²) in [4.78, 5) is 12.8. The molecule has 1 unspecified atom stereocenters. The van der Waals surface area contributed by atoms with Crippen LogP contribution in [0.2, 0.25) is 0 Å². The van der Waals surface area contributed by atoms with Crippen molar-refractivity contribution in [1.29, 1.82) is 0 Å². The fraction of sp³-hybridized carbons (Fsp3) is 0.308. The van der Waals surface area contributed by atoms with Crippen molar-refractivity contribution in [2.45, 2.75) is 6.92 Å². The van der Waals surface area contributed by atoms with E-state index in [0.717, 1.165) is 16.3 Å². The summed E-state index contributed by atoms with van der Waals surface area (Å²) >= 11 is 1.48. The molecule has 6 heteroatoms. The van der Waals surface area contributed by atoms with E-state index in [1.165, 1.54) is 11.3 Å². The maximum Gasteiger partial charge on any atom is 0.308 e. The van der Waals surface area contributed by atoms with E-state index in [2.05, 4.69) is 10.2 Å². The van der Waals surface area contributed by atoms with Crippen molar-refractivity contribution >= 4 is 23.0 Å². The zero-order valence-corrected chi connectivity index (χ0v) is 11.6. The van der Waals surface area contributed by atoms with E-state index in [0.29, 0.717) is 6.54 Å². The van der Waals surface area contributed by atoms with Crippen LogP contribution in [0.25, 0.3) is 10.6 Å². The molecule has 0 aliphatic carbocycles. The van der Waals surface area contributed by atoms with Crippen molar-refractivity contribution in [2.75, 3.05) is 18.5 Å². The van der Waals surface area contributed by atoms with Gasteiger partial charge in [0.15, 0.2) is 0 Å². The molecule has 5 nitrogen and oxygen atoms in total. The predicted molar refractivity (Wildman–Crippen MR) is 75.4 cm³/mol. The lowest BCUT2D eigenvalue weighted by atomic mass is 10.1. The van der Waals surface area contributed by atoms with Crippen LogP contribution in [0.15, 0.2) is 29.8 Å². The maximum atomic E-state index is 10.9. The Labute approximate surface area is 115 Å². The van der Waals surface area contributed by atoms with Crippen LogP contribution in [-0.4, -0.2) is 34.9 Å². The fourth-order valence-corrected chi connectivity index (χ4v) is 2.32. The minimum absolute atomic E-state index is 0.407. The quantitative estimate of drug-likeness (QED) is 0.908. The van der Waals surface area contributed by atoms with Gasteiger partial charge in [-0.3, -0.25) is 4.79 Å². The van der Waals surface area contributed by atoms with E-state index in [9.17, 15) is 4.79 Å². The number of hydrogen-bond acceptors (Lipinski definition) is 5. The molecule has 2 rings (SSSR count). The van der Waals surface area contributed by atoms with E-state index in [1.54, 1.807) is 12.4 Å². The van der Waals surface area contributed by atoms with Crippen molar-refractivity contribution < 1.29 is 9.90 Å². The molecular formula is C13H15N3O2S. The number of aliphatic carboxylic acids is 1. The SMILES string of the molecule is CC(CN(C)c1cccc(-c2nncs2)c1)C(=O)O. The lowest BCUT2D eigenvalue weighted by Gasteiger charge is -2.21. The summed E-state index contributed by atoms with van der Waals surface area (Å²) in [6.45, 7) is 2.17. The first-order valence-electron chi connectivity index (χ1n) is 5.88. The van der Waals surface area contributed by atoms with E-state index in [-0.39, 0.29) is 0 Å². The van der Waals surface area contributed by atoms with Crippen molar-refractivity contribution in [2.24, 2.45) is 5.92 Å². The van der Waals surface area contributed by atoms with Crippen LogP contribution < -0.4 is 4.90 Å². The zero-order valence-electron chi connectivity index (χ0n) is 10.8. The number of carboxylic acids is 1. The van der Waals surface area contributed by atoms with Crippen LogP contribution in [0.1, 0.15) is 6.92 Å². The molecule has 0 saturated carbocycles. The van der Waals surface area contributed by atoms with Gasteiger partial charge in [0, 0.05) is 24.8 Å². The summed E-state index contributed by atoms with van der Waals surface area (Å²) in [5.41, 5.74) is 3.66. The highest BCUT2D eigenvalue weighted by Crippen LogP contribution is 2.25. The van der Waals surface area contributed by atoms with Gasteiger partial charge in [-0.15, -0.1) is 10.2 Å². The lowest BCUT2D eigenvalue weighted by Crippen LogP contribution is -2.28. The summed E-state index contributed by atoms with van der Waals surface area (Å²) in [5, 5.41) is 17.7. The van der Waals surface area contributed by atoms with Gasteiger partial charge in [0.25, 0.3) is 0 Å². The third-order valence-electron chi connectivity index (χ3n) is 2.86. The highest BCUT2D eigenvalue weighted by atomic mass is 32.1. The number of carboxylic acid groups (broad SMARTS) is 1. The molecule has 2 aromatic rings. The van der Waals surface area contributed by atoms with Gasteiger partial charge < -0.3 is 10.0 Å². The first kappa shape index (κ1) is 13.5. The molecule has 1 aromatic heterocycles. The van der Waals surface area contributed by atoms with Gasteiger partial charge >= 0.3 is 5.97 Å². The number of hydrogen-bond donors (Lipinski definition) is 1. The van der Waals surface area contributed by atoms with Crippen molar-refractivity contribution in [3.8, 4) is 10.6 Å². The Morgan fingerprint density at radius 3 is 2.95 bits per heavy atom. The van der Waals surface area contributed by atoms with Crippen molar-refractivity contribution in [1.82, 2.24) is 10.2 Å². The molecule has 0 amide bonds. The number of nitrogens with zero attached hydrogens (tertiary/aromatic N) is 3. The Balaban J connectivity index is 2.17. The molecule has 0 saturated heterocycles. The van der Waals surface area contributed by atoms with E-state index >= 15 is 0 Å². The van der Waals surface area contributed by atoms with Gasteiger partial charge in [-0.25, -0.2) is 0 Å². The molecule has 0 aliphatic rings. The second-order valence-electron chi connectivity index (χ2n) is 4.41. The lowest BCUT2D eigenvalue weighted by molar-refractivity contribution is -0.140. The Hall–Kier alpha value is -1.95. The van der Waals surface area contributed by atoms with E-state index < -0.39 is 11.9 Å². The van der Waals surface area contributed by atoms with Gasteiger partial charge in [-0.1, -0.05) is 30.4 Å². The minimum atomic E-state index is -0.785. The highest BCUT2D eigenvalue weighted by Gasteiger charge is 2.14. The molecule has 0 radical (unpaired) electrons. The summed E-state index contributed by atoms with van der Waals surface area (Å²) < 4.78 is 0. The van der Waals surface area contributed by atoms with Crippen LogP contribution in [0.5, 0.6) is 0 Å². The minimum Gasteiger partial charge on any atom is -0.481 e. The van der Waals surface area contributed by atoms with Gasteiger partial charge in [-0.05, 0) is 12.1 Å². The number of carbonyl (C=O) groups is 1. The van der Waals surface area contributed by atoms with Gasteiger partial charge in [0.2, 0.25) is 0 Å². The molecule has 0 spiro atoms. The fourth-order valence-electron chi connectivity index (χ4n) is 1.77. The van der Waals surface area contributed by atoms with Crippen LogP contribution >= 0.6 is 11.3 Å². The Bertz CT molecular complexity index is 557. The average molecular weight is 277 g/mol. The second-order valence-corrected chi connectivity index (χ2v) is 5.25. The van der Waals surface area contributed by atoms with Gasteiger partial charge in [-0.2, -0.15) is 0 Å². The highest BCUT2D eigenvalue weighted by molar-refractivity contribution is 7.12. The molecule has 1 heterocycles. The largest absolute Gasteiger partial charge is 0.481 e. The normalized spacial score (nSPS) is 12.1. The summed E-state index contributed by atoms with van der Waals surface area (Å²) in [5.74, 6) is -1.19. The summed E-state index contributed by atoms with van der Waals surface area (Å²) in [6, 6.07) is 7.86. The van der Waals surface area contributed by atoms with Crippen LogP contribution in [0.3, 0.4) is 0 Å². The number of benzene rings is 1. The third-order valence-corrected chi connectivity index (χ3v) is 3.60. The Kier molecular flexibility index (Phi) is 4.11. The molecule has 100 valence electrons. The zero-order chi connectivity index (χ0) is 13.8. The Morgan fingerprint density at radius 2 is 2.32 bits per heavy atom. The van der Waals surface area contributed by atoms with Crippen LogP contribution in [0, 0.1) is 5.92 Å². The second kappa shape index (κ2) is 5.79. The third kappa shape index (κ3) is 3.29. The smallest absolute Gasteiger partial charge is 0.308 e. The molecular weight excluding hydrogens is 262 g/mol. The standard InChI is InChI=1S/C13H15N3O2S/c1-9(13(17)18)7-16(2)11-5-3-4-10(6-11)12-15-14-8-19-12/h3-6,8-9H,7H2,1-2H3,(H,17,18). The topological polar surface area (TPSA) is 66.3 Å². The van der Waals surface area contributed by atoms with Gasteiger partial charge in [0.05, 0.1) is 5.92 Å². The molecule has 1 atom stereocenters. The maximum absolute atomic E-state index is 10.9. The summed E-state index contributed by atoms with van der Waals surface area (Å²) in [7, 11) is 1.89. The van der Waals surface area contributed by atoms with Crippen LogP contribution in [0.4, 0.5) is 5.69 Å². The number of aromatic nitrogens is 2. The number of rotatable bonds is 5. The molecule has 0 bridgehead atoms. The molecule has 0 fully saturated rings. The summed E-state index contributed by atoms with van der Waals surface area (Å²) in [6.07, 6.45) is 0. The molecule has 19 heavy (non-hydrogen) atoms. The first-order chi connectivity index (χ1) is 9.08. The Morgan fingerprint density at radius 1 is 1.53 bits per heavy atom. The van der Waals surface area contributed by atoms with Crippen LogP contribution in [-0.2, 0) is 4.79 Å². The average Bonchev–Trinajstić information content (AvgIpc) is 2.92.